The molecule has 1 aromatic carbocycles. The first kappa shape index (κ1) is 29.1. The van der Waals surface area contributed by atoms with Gasteiger partial charge >= 0.3 is 0 Å². The van der Waals surface area contributed by atoms with Crippen molar-refractivity contribution < 1.29 is 14.3 Å². The number of imidazole rings is 1. The second kappa shape index (κ2) is 15.8. The number of rotatable bonds is 12. The number of amides is 2. The Morgan fingerprint density at radius 1 is 1.11 bits per heavy atom. The van der Waals surface area contributed by atoms with Crippen molar-refractivity contribution in [3.05, 3.63) is 54.8 Å². The summed E-state index contributed by atoms with van der Waals surface area (Å²) >= 11 is 0. The van der Waals surface area contributed by atoms with Crippen LogP contribution in [0.1, 0.15) is 37.9 Å². The van der Waals surface area contributed by atoms with E-state index in [2.05, 4.69) is 31.7 Å². The van der Waals surface area contributed by atoms with Crippen LogP contribution in [0.25, 0.3) is 22.2 Å². The Bertz CT molecular complexity index is 1160. The molecule has 0 spiro atoms. The molecule has 2 aromatic heterocycles. The zero-order valence-electron chi connectivity index (χ0n) is 21.8. The quantitative estimate of drug-likeness (QED) is 0.141. The summed E-state index contributed by atoms with van der Waals surface area (Å²) in [6, 6.07) is 10.1. The molecule has 2 amide bonds. The Kier molecular flexibility index (Phi) is 12.4. The number of unbranched alkanes of at least 4 members (excludes halogenated alkanes) is 3. The largest absolute Gasteiger partial charge is 0.480 e. The summed E-state index contributed by atoms with van der Waals surface area (Å²) < 4.78 is 5.48. The molecule has 200 valence electrons. The maximum absolute atomic E-state index is 11.2. The van der Waals surface area contributed by atoms with Crippen LogP contribution in [0.2, 0.25) is 0 Å². The maximum Gasteiger partial charge on any atom is 0.240 e. The van der Waals surface area contributed by atoms with Crippen LogP contribution in [-0.4, -0.2) is 59.5 Å². The van der Waals surface area contributed by atoms with Crippen LogP contribution in [-0.2, 0) is 16.0 Å². The van der Waals surface area contributed by atoms with Crippen molar-refractivity contribution in [2.75, 3.05) is 27.7 Å². The number of likely N-dealkylation sites (N-methyl/N-ethyl adjacent to an activating group) is 1. The molecule has 0 fully saturated rings. The minimum Gasteiger partial charge on any atom is -0.480 e. The third kappa shape index (κ3) is 9.80. The van der Waals surface area contributed by atoms with Gasteiger partial charge in [0.1, 0.15) is 12.4 Å². The molecule has 3 rings (SSSR count). The lowest BCUT2D eigenvalue weighted by Crippen LogP contribution is -2.36. The van der Waals surface area contributed by atoms with Gasteiger partial charge in [0.2, 0.25) is 17.7 Å². The van der Waals surface area contributed by atoms with Gasteiger partial charge in [-0.3, -0.25) is 9.59 Å². The standard InChI is InChI=1S/C21H26N4O2.C5H12N4O/c1-22-20(26)12-6-4-3-5-11-19-23-14-18(24-19)16-13-15-9-7-8-10-17(15)25-21(16)27-2;1-8-5(10)4-9(7)3-2-6/h7-10,13-14H,3-6,11-12H2,1-2H3,(H,22,26)(H,23,24);2-3H,4,6-7H2,1H3,(H,8,10)/b;3-2-. The van der Waals surface area contributed by atoms with E-state index in [1.807, 2.05) is 30.5 Å². The topological polar surface area (TPSA) is 164 Å². The molecule has 11 heteroatoms. The normalized spacial score (nSPS) is 10.6. The summed E-state index contributed by atoms with van der Waals surface area (Å²) in [5.74, 6) is 6.79. The Hall–Kier alpha value is -4.12. The Morgan fingerprint density at radius 2 is 1.84 bits per heavy atom. The van der Waals surface area contributed by atoms with Crippen LogP contribution >= 0.6 is 0 Å². The molecule has 0 radical (unpaired) electrons. The number of aromatic nitrogens is 3. The molecule has 0 unspecified atom stereocenters. The van der Waals surface area contributed by atoms with Crippen LogP contribution in [0.5, 0.6) is 5.88 Å². The molecule has 0 atom stereocenters. The smallest absolute Gasteiger partial charge is 0.240 e. The third-order valence-electron chi connectivity index (χ3n) is 5.53. The number of para-hydroxylation sites is 1. The number of nitrogens with zero attached hydrogens (tertiary/aromatic N) is 3. The number of carbonyl (C=O) groups excluding carboxylic acids is 2. The first-order valence-electron chi connectivity index (χ1n) is 12.2. The van der Waals surface area contributed by atoms with Crippen LogP contribution in [0, 0.1) is 0 Å². The van der Waals surface area contributed by atoms with Gasteiger partial charge in [-0.05, 0) is 25.0 Å². The number of ether oxygens (including phenoxy) is 1. The van der Waals surface area contributed by atoms with E-state index < -0.39 is 0 Å². The number of nitrogens with one attached hydrogen (secondary N) is 3. The molecule has 0 aliphatic heterocycles. The Balaban J connectivity index is 0.000000410. The highest BCUT2D eigenvalue weighted by molar-refractivity contribution is 5.85. The molecule has 0 aliphatic carbocycles. The number of hydrazine groups is 1. The van der Waals surface area contributed by atoms with Gasteiger partial charge in [0, 0.05) is 44.7 Å². The lowest BCUT2D eigenvalue weighted by atomic mass is 10.1. The summed E-state index contributed by atoms with van der Waals surface area (Å²) in [5, 5.41) is 7.33. The molecule has 2 heterocycles. The number of hydrogen-bond donors (Lipinski definition) is 5. The van der Waals surface area contributed by atoms with Crippen molar-refractivity contribution in [3.8, 4) is 17.1 Å². The highest BCUT2D eigenvalue weighted by Crippen LogP contribution is 2.30. The van der Waals surface area contributed by atoms with E-state index in [0.717, 1.165) is 60.1 Å². The number of nitrogens with two attached hydrogens (primary N) is 2. The number of fused-ring (bicyclic) bond motifs is 1. The molecular weight excluding hydrogens is 472 g/mol. The van der Waals surface area contributed by atoms with Crippen LogP contribution in [0.4, 0.5) is 0 Å². The zero-order valence-corrected chi connectivity index (χ0v) is 21.8. The van der Waals surface area contributed by atoms with Gasteiger partial charge in [-0.2, -0.15) is 0 Å². The number of aromatic amines is 1. The van der Waals surface area contributed by atoms with E-state index in [4.69, 9.17) is 16.3 Å². The predicted octanol–water partition coefficient (Wildman–Crippen LogP) is 2.21. The van der Waals surface area contributed by atoms with E-state index in [9.17, 15) is 9.59 Å². The van der Waals surface area contributed by atoms with E-state index in [0.29, 0.717) is 12.3 Å². The molecule has 0 bridgehead atoms. The van der Waals surface area contributed by atoms with Crippen molar-refractivity contribution in [1.82, 2.24) is 30.6 Å². The Morgan fingerprint density at radius 3 is 2.54 bits per heavy atom. The third-order valence-corrected chi connectivity index (χ3v) is 5.53. The van der Waals surface area contributed by atoms with E-state index >= 15 is 0 Å². The maximum atomic E-state index is 11.2. The summed E-state index contributed by atoms with van der Waals surface area (Å²) in [4.78, 5) is 34.3. The van der Waals surface area contributed by atoms with E-state index in [-0.39, 0.29) is 18.4 Å². The fourth-order valence-corrected chi connectivity index (χ4v) is 3.54. The zero-order chi connectivity index (χ0) is 27.0. The van der Waals surface area contributed by atoms with Gasteiger partial charge < -0.3 is 31.1 Å². The fraction of sp³-hybridized carbons (Fsp3) is 0.385. The molecule has 0 aliphatic rings. The molecule has 3 aromatic rings. The molecule has 7 N–H and O–H groups in total. The van der Waals surface area contributed by atoms with E-state index in [1.165, 1.54) is 17.4 Å². The SMILES string of the molecule is CNC(=O)CCCCCCc1ncc(-c2cc3ccccc3nc2OC)[nH]1.CNC(=O)CN(N)/C=C\N. The highest BCUT2D eigenvalue weighted by Gasteiger charge is 2.12. The number of hydrogen-bond acceptors (Lipinski definition) is 8. The lowest BCUT2D eigenvalue weighted by Gasteiger charge is -2.10. The van der Waals surface area contributed by atoms with Crippen LogP contribution < -0.4 is 26.9 Å². The second-order valence-corrected chi connectivity index (χ2v) is 8.26. The van der Waals surface area contributed by atoms with Gasteiger partial charge in [-0.25, -0.2) is 15.8 Å². The number of benzene rings is 1. The first-order valence-corrected chi connectivity index (χ1v) is 12.2. The molecule has 37 heavy (non-hydrogen) atoms. The number of H-pyrrole nitrogens is 1. The van der Waals surface area contributed by atoms with Crippen molar-refractivity contribution >= 4 is 22.7 Å². The van der Waals surface area contributed by atoms with Crippen LogP contribution in [0.15, 0.2) is 48.9 Å². The van der Waals surface area contributed by atoms with Gasteiger partial charge in [0.05, 0.1) is 30.1 Å². The van der Waals surface area contributed by atoms with Gasteiger partial charge in [0.25, 0.3) is 0 Å². The summed E-state index contributed by atoms with van der Waals surface area (Å²) in [6.45, 7) is 0.115. The van der Waals surface area contributed by atoms with Crippen molar-refractivity contribution in [2.24, 2.45) is 11.6 Å². The van der Waals surface area contributed by atoms with Crippen molar-refractivity contribution in [2.45, 2.75) is 38.5 Å². The fourth-order valence-electron chi connectivity index (χ4n) is 3.54. The molecule has 0 saturated heterocycles. The minimum absolute atomic E-state index is 0.114. The minimum atomic E-state index is -0.152. The summed E-state index contributed by atoms with van der Waals surface area (Å²) in [6.07, 6.45) is 10.2. The lowest BCUT2D eigenvalue weighted by molar-refractivity contribution is -0.121. The second-order valence-electron chi connectivity index (χ2n) is 8.26. The summed E-state index contributed by atoms with van der Waals surface area (Å²) in [5.41, 5.74) is 7.76. The number of aryl methyl sites for hydroxylation is 1. The van der Waals surface area contributed by atoms with Crippen LogP contribution in [0.3, 0.4) is 0 Å². The molecule has 11 nitrogen and oxygen atoms in total. The predicted molar refractivity (Wildman–Crippen MR) is 145 cm³/mol. The Labute approximate surface area is 217 Å². The van der Waals surface area contributed by atoms with Gasteiger partial charge in [-0.1, -0.05) is 31.0 Å². The van der Waals surface area contributed by atoms with E-state index in [1.54, 1.807) is 21.2 Å². The highest BCUT2D eigenvalue weighted by atomic mass is 16.5. The average molecular weight is 511 g/mol. The molecule has 0 saturated carbocycles. The number of carbonyl (C=O) groups is 2. The van der Waals surface area contributed by atoms with Crippen molar-refractivity contribution in [1.29, 1.82) is 0 Å². The first-order chi connectivity index (χ1) is 17.9. The summed E-state index contributed by atoms with van der Waals surface area (Å²) in [7, 11) is 4.86. The monoisotopic (exact) mass is 510 g/mol. The molecular formula is C26H38N8O3. The van der Waals surface area contributed by atoms with Gasteiger partial charge in [0.15, 0.2) is 0 Å². The van der Waals surface area contributed by atoms with Crippen molar-refractivity contribution in [3.63, 3.8) is 0 Å². The number of methoxy groups -OCH3 is 1. The average Bonchev–Trinajstić information content (AvgIpc) is 3.38. The van der Waals surface area contributed by atoms with Gasteiger partial charge in [-0.15, -0.1) is 0 Å². The number of pyridine rings is 1.